The van der Waals surface area contributed by atoms with Crippen LogP contribution < -0.4 is 11.5 Å². The normalized spacial score (nSPS) is 11.3. The highest BCUT2D eigenvalue weighted by molar-refractivity contribution is 7.99. The number of benzene rings is 2. The Labute approximate surface area is 170 Å². The largest absolute Gasteiger partial charge is 0.368 e. The van der Waals surface area contributed by atoms with Crippen molar-refractivity contribution < 1.29 is 9.59 Å². The van der Waals surface area contributed by atoms with Gasteiger partial charge in [-0.1, -0.05) is 36.0 Å². The molecule has 2 aromatic carbocycles. The number of aromatic nitrogens is 4. The number of imidazole rings is 2. The smallest absolute Gasteiger partial charge is 0.237 e. The van der Waals surface area contributed by atoms with Gasteiger partial charge in [0.25, 0.3) is 0 Å². The van der Waals surface area contributed by atoms with Crippen molar-refractivity contribution in [2.75, 3.05) is 5.75 Å². The molecule has 0 aliphatic heterocycles. The van der Waals surface area contributed by atoms with Crippen LogP contribution in [-0.4, -0.2) is 36.7 Å². The Balaban J connectivity index is 1.58. The number of thioether (sulfide) groups is 1. The van der Waals surface area contributed by atoms with Crippen molar-refractivity contribution in [1.29, 1.82) is 0 Å². The van der Waals surface area contributed by atoms with E-state index in [0.29, 0.717) is 12.2 Å². The summed E-state index contributed by atoms with van der Waals surface area (Å²) in [6.07, 6.45) is 0.617. The summed E-state index contributed by atoms with van der Waals surface area (Å²) in [7, 11) is 0. The van der Waals surface area contributed by atoms with Crippen LogP contribution in [-0.2, 0) is 29.1 Å². The van der Waals surface area contributed by atoms with Crippen LogP contribution >= 0.6 is 11.8 Å². The molecule has 0 bridgehead atoms. The van der Waals surface area contributed by atoms with Crippen LogP contribution in [0.4, 0.5) is 0 Å². The third-order valence-corrected chi connectivity index (χ3v) is 5.52. The van der Waals surface area contributed by atoms with E-state index in [-0.39, 0.29) is 13.1 Å². The van der Waals surface area contributed by atoms with Gasteiger partial charge in [0, 0.05) is 12.2 Å². The molecule has 0 fully saturated rings. The summed E-state index contributed by atoms with van der Waals surface area (Å²) in [5.74, 6) is 0.628. The number of rotatable bonds is 8. The summed E-state index contributed by atoms with van der Waals surface area (Å²) < 4.78 is 3.68. The lowest BCUT2D eigenvalue weighted by Crippen LogP contribution is -2.20. The molecule has 29 heavy (non-hydrogen) atoms. The number of para-hydroxylation sites is 4. The van der Waals surface area contributed by atoms with Gasteiger partial charge in [-0.25, -0.2) is 9.97 Å². The summed E-state index contributed by atoms with van der Waals surface area (Å²) in [5, 5.41) is 0.725. The van der Waals surface area contributed by atoms with Crippen LogP contribution in [0.15, 0.2) is 53.7 Å². The summed E-state index contributed by atoms with van der Waals surface area (Å²) in [6, 6.07) is 15.3. The molecule has 0 saturated carbocycles. The summed E-state index contributed by atoms with van der Waals surface area (Å²) in [4.78, 5) is 32.3. The van der Waals surface area contributed by atoms with Crippen molar-refractivity contribution in [3.05, 3.63) is 54.4 Å². The van der Waals surface area contributed by atoms with Crippen LogP contribution in [0.2, 0.25) is 0 Å². The van der Waals surface area contributed by atoms with Gasteiger partial charge in [-0.2, -0.15) is 0 Å². The van der Waals surface area contributed by atoms with E-state index in [1.165, 1.54) is 11.8 Å². The molecule has 0 saturated heterocycles. The average molecular weight is 408 g/mol. The standard InChI is InChI=1S/C20H20N6O2S/c21-17(27)11-25-15-7-3-1-5-13(15)23-19(25)9-10-29-20-24-14-6-2-4-8-16(14)26(20)12-18(22)28/h1-8H,9-12H2,(H2,21,27)(H2,22,28). The molecule has 148 valence electrons. The van der Waals surface area contributed by atoms with Gasteiger partial charge in [0.2, 0.25) is 11.8 Å². The van der Waals surface area contributed by atoms with Crippen molar-refractivity contribution >= 4 is 45.6 Å². The van der Waals surface area contributed by atoms with E-state index in [4.69, 9.17) is 11.5 Å². The number of fused-ring (bicyclic) bond motifs is 2. The van der Waals surface area contributed by atoms with E-state index in [1.54, 1.807) is 0 Å². The number of carbonyl (C=O) groups excluding carboxylic acids is 2. The highest BCUT2D eigenvalue weighted by Crippen LogP contribution is 2.25. The molecule has 2 aromatic heterocycles. The fourth-order valence-corrected chi connectivity index (χ4v) is 4.30. The Morgan fingerprint density at radius 1 is 0.828 bits per heavy atom. The first-order valence-electron chi connectivity index (χ1n) is 9.12. The summed E-state index contributed by atoms with van der Waals surface area (Å²) in [5.41, 5.74) is 14.2. The van der Waals surface area contributed by atoms with Crippen LogP contribution in [0.1, 0.15) is 5.82 Å². The highest BCUT2D eigenvalue weighted by Gasteiger charge is 2.15. The minimum Gasteiger partial charge on any atom is -0.368 e. The van der Waals surface area contributed by atoms with E-state index in [9.17, 15) is 9.59 Å². The quantitative estimate of drug-likeness (QED) is 0.430. The first-order chi connectivity index (χ1) is 14.0. The minimum absolute atomic E-state index is 0.0725. The molecule has 0 unspecified atom stereocenters. The van der Waals surface area contributed by atoms with Crippen molar-refractivity contribution in [2.24, 2.45) is 11.5 Å². The van der Waals surface area contributed by atoms with Gasteiger partial charge >= 0.3 is 0 Å². The van der Waals surface area contributed by atoms with Gasteiger partial charge in [-0.05, 0) is 24.3 Å². The topological polar surface area (TPSA) is 122 Å². The Hall–Kier alpha value is -3.33. The Morgan fingerprint density at radius 3 is 2.03 bits per heavy atom. The van der Waals surface area contributed by atoms with Gasteiger partial charge in [-0.15, -0.1) is 0 Å². The lowest BCUT2D eigenvalue weighted by Gasteiger charge is -2.08. The van der Waals surface area contributed by atoms with Crippen molar-refractivity contribution in [2.45, 2.75) is 24.7 Å². The maximum absolute atomic E-state index is 11.5. The van der Waals surface area contributed by atoms with Gasteiger partial charge in [0.1, 0.15) is 18.9 Å². The lowest BCUT2D eigenvalue weighted by molar-refractivity contribution is -0.119. The van der Waals surface area contributed by atoms with E-state index in [2.05, 4.69) is 9.97 Å². The third-order valence-electron chi connectivity index (χ3n) is 4.54. The highest BCUT2D eigenvalue weighted by atomic mass is 32.2. The second-order valence-electron chi connectivity index (χ2n) is 6.60. The van der Waals surface area contributed by atoms with Crippen LogP contribution in [0.25, 0.3) is 22.1 Å². The fraction of sp³-hybridized carbons (Fsp3) is 0.200. The molecule has 4 aromatic rings. The lowest BCUT2D eigenvalue weighted by atomic mass is 10.3. The number of amides is 2. The molecule has 2 heterocycles. The van der Waals surface area contributed by atoms with Crippen LogP contribution in [0.5, 0.6) is 0 Å². The Bertz CT molecular complexity index is 1120. The number of hydrogen-bond donors (Lipinski definition) is 2. The number of nitrogens with zero attached hydrogens (tertiary/aromatic N) is 4. The first kappa shape index (κ1) is 19.0. The molecule has 8 nitrogen and oxygen atoms in total. The molecule has 0 atom stereocenters. The molecule has 4 N–H and O–H groups in total. The monoisotopic (exact) mass is 408 g/mol. The molecule has 0 spiro atoms. The predicted molar refractivity (Wildman–Crippen MR) is 112 cm³/mol. The third kappa shape index (κ3) is 3.95. The maximum atomic E-state index is 11.5. The van der Waals surface area contributed by atoms with Crippen molar-refractivity contribution in [3.8, 4) is 0 Å². The molecule has 0 radical (unpaired) electrons. The minimum atomic E-state index is -0.418. The first-order valence-corrected chi connectivity index (χ1v) is 10.1. The number of hydrogen-bond acceptors (Lipinski definition) is 5. The Morgan fingerprint density at radius 2 is 1.38 bits per heavy atom. The van der Waals surface area contributed by atoms with E-state index >= 15 is 0 Å². The average Bonchev–Trinajstić information content (AvgIpc) is 3.20. The van der Waals surface area contributed by atoms with E-state index < -0.39 is 11.8 Å². The zero-order chi connectivity index (χ0) is 20.4. The van der Waals surface area contributed by atoms with Crippen molar-refractivity contribution in [3.63, 3.8) is 0 Å². The summed E-state index contributed by atoms with van der Waals surface area (Å²) in [6.45, 7) is 0.156. The van der Waals surface area contributed by atoms with Crippen LogP contribution in [0.3, 0.4) is 0 Å². The van der Waals surface area contributed by atoms with Gasteiger partial charge in [-0.3, -0.25) is 9.59 Å². The molecule has 0 aliphatic rings. The zero-order valence-electron chi connectivity index (χ0n) is 15.6. The molecule has 4 rings (SSSR count). The van der Waals surface area contributed by atoms with Crippen LogP contribution in [0, 0.1) is 0 Å². The molecular formula is C20H20N6O2S. The second kappa shape index (κ2) is 7.96. The van der Waals surface area contributed by atoms with Gasteiger partial charge in [0.15, 0.2) is 5.16 Å². The predicted octanol–water partition coefficient (Wildman–Crippen LogP) is 1.69. The van der Waals surface area contributed by atoms with E-state index in [1.807, 2.05) is 57.7 Å². The SMILES string of the molecule is NC(=O)Cn1c(CCSc2nc3ccccc3n2CC(N)=O)nc2ccccc21. The van der Waals surface area contributed by atoms with E-state index in [0.717, 1.165) is 33.0 Å². The summed E-state index contributed by atoms with van der Waals surface area (Å²) >= 11 is 1.52. The molecule has 2 amide bonds. The second-order valence-corrected chi connectivity index (χ2v) is 7.67. The molecular weight excluding hydrogens is 388 g/mol. The number of primary amides is 2. The fourth-order valence-electron chi connectivity index (χ4n) is 3.35. The zero-order valence-corrected chi connectivity index (χ0v) is 16.4. The van der Waals surface area contributed by atoms with Gasteiger partial charge < -0.3 is 20.6 Å². The molecule has 9 heteroatoms. The maximum Gasteiger partial charge on any atom is 0.237 e. The van der Waals surface area contributed by atoms with Gasteiger partial charge in [0.05, 0.1) is 22.1 Å². The molecule has 0 aliphatic carbocycles. The number of aryl methyl sites for hydroxylation is 1. The Kier molecular flexibility index (Phi) is 5.22. The van der Waals surface area contributed by atoms with Crippen molar-refractivity contribution in [1.82, 2.24) is 19.1 Å². The number of nitrogens with two attached hydrogens (primary N) is 2. The number of carbonyl (C=O) groups is 2.